The van der Waals surface area contributed by atoms with Crippen molar-refractivity contribution in [2.24, 2.45) is 5.92 Å². The normalized spacial score (nSPS) is 16.5. The molecule has 2 aromatic carbocycles. The molecule has 1 atom stereocenters. The van der Waals surface area contributed by atoms with E-state index in [1.807, 2.05) is 13.8 Å². The Labute approximate surface area is 179 Å². The third-order valence-corrected chi connectivity index (χ3v) is 7.86. The molecule has 0 spiro atoms. The Morgan fingerprint density at radius 3 is 2.79 bits per heavy atom. The lowest BCUT2D eigenvalue weighted by Crippen LogP contribution is -2.20. The second kappa shape index (κ2) is 8.77. The molecule has 3 rings (SSSR count). The fourth-order valence-electron chi connectivity index (χ4n) is 2.76. The summed E-state index contributed by atoms with van der Waals surface area (Å²) >= 11 is 7.45. The molecule has 0 saturated heterocycles. The van der Waals surface area contributed by atoms with Gasteiger partial charge < -0.3 is 10.6 Å². The molecule has 2 N–H and O–H groups in total. The van der Waals surface area contributed by atoms with Crippen LogP contribution in [-0.4, -0.2) is 31.7 Å². The fraction of sp³-hybridized carbons (Fsp3) is 0.300. The first-order valence-electron chi connectivity index (χ1n) is 9.02. The Hall–Kier alpha value is -2.03. The standard InChI is InChI=1S/C20H21ClN2O4S2/c1-12-3-4-14(21)9-16(12)22-19(24)7-8-29(26,27)15-5-6-18-17(10-15)23-20(25)13(2)11-28-18/h3-6,9-10,13H,7-8,11H2,1-2H3,(H,22,24)(H,23,25). The Morgan fingerprint density at radius 2 is 2.03 bits per heavy atom. The van der Waals surface area contributed by atoms with Crippen LogP contribution in [0.3, 0.4) is 0 Å². The van der Waals surface area contributed by atoms with E-state index in [4.69, 9.17) is 11.6 Å². The van der Waals surface area contributed by atoms with E-state index >= 15 is 0 Å². The predicted molar refractivity (Wildman–Crippen MR) is 116 cm³/mol. The van der Waals surface area contributed by atoms with Crippen molar-refractivity contribution < 1.29 is 18.0 Å². The van der Waals surface area contributed by atoms with Crippen molar-refractivity contribution in [3.05, 3.63) is 47.0 Å². The highest BCUT2D eigenvalue weighted by molar-refractivity contribution is 7.99. The van der Waals surface area contributed by atoms with Gasteiger partial charge in [-0.25, -0.2) is 8.42 Å². The first-order valence-corrected chi connectivity index (χ1v) is 12.0. The lowest BCUT2D eigenvalue weighted by atomic mass is 10.2. The van der Waals surface area contributed by atoms with Crippen LogP contribution in [-0.2, 0) is 19.4 Å². The summed E-state index contributed by atoms with van der Waals surface area (Å²) in [6, 6.07) is 9.79. The summed E-state index contributed by atoms with van der Waals surface area (Å²) in [7, 11) is -3.69. The molecule has 1 unspecified atom stereocenters. The van der Waals surface area contributed by atoms with Gasteiger partial charge in [0.15, 0.2) is 9.84 Å². The van der Waals surface area contributed by atoms with Gasteiger partial charge in [-0.2, -0.15) is 0 Å². The molecule has 0 aromatic heterocycles. The van der Waals surface area contributed by atoms with Crippen LogP contribution in [0.5, 0.6) is 0 Å². The average molecular weight is 453 g/mol. The third kappa shape index (κ3) is 5.32. The van der Waals surface area contributed by atoms with Crippen LogP contribution in [0.2, 0.25) is 5.02 Å². The highest BCUT2D eigenvalue weighted by Gasteiger charge is 2.23. The molecular formula is C20H21ClN2O4S2. The Bertz CT molecular complexity index is 1070. The summed E-state index contributed by atoms with van der Waals surface area (Å²) in [6.07, 6.45) is -0.191. The molecule has 1 aliphatic heterocycles. The topological polar surface area (TPSA) is 92.3 Å². The van der Waals surface area contributed by atoms with E-state index in [0.29, 0.717) is 22.2 Å². The van der Waals surface area contributed by atoms with Gasteiger partial charge in [0.05, 0.1) is 16.3 Å². The number of benzene rings is 2. The second-order valence-corrected chi connectivity index (χ2v) is 10.5. The number of nitrogens with one attached hydrogen (secondary N) is 2. The van der Waals surface area contributed by atoms with Crippen LogP contribution in [0.15, 0.2) is 46.2 Å². The van der Waals surface area contributed by atoms with Gasteiger partial charge in [0, 0.05) is 33.7 Å². The zero-order valence-electron chi connectivity index (χ0n) is 16.0. The van der Waals surface area contributed by atoms with Crippen molar-refractivity contribution in [3.63, 3.8) is 0 Å². The summed E-state index contributed by atoms with van der Waals surface area (Å²) in [5.74, 6) is -0.414. The maximum absolute atomic E-state index is 12.7. The first kappa shape index (κ1) is 21.7. The van der Waals surface area contributed by atoms with E-state index in [2.05, 4.69) is 10.6 Å². The van der Waals surface area contributed by atoms with Gasteiger partial charge >= 0.3 is 0 Å². The van der Waals surface area contributed by atoms with Gasteiger partial charge in [-0.15, -0.1) is 11.8 Å². The van der Waals surface area contributed by atoms with E-state index in [0.717, 1.165) is 10.5 Å². The maximum Gasteiger partial charge on any atom is 0.228 e. The molecule has 2 aromatic rings. The Balaban J connectivity index is 1.70. The molecule has 0 bridgehead atoms. The number of amides is 2. The number of hydrogen-bond donors (Lipinski definition) is 2. The van der Waals surface area contributed by atoms with E-state index in [-0.39, 0.29) is 28.9 Å². The molecule has 0 aliphatic carbocycles. The molecule has 6 nitrogen and oxygen atoms in total. The van der Waals surface area contributed by atoms with Crippen molar-refractivity contribution in [2.45, 2.75) is 30.1 Å². The van der Waals surface area contributed by atoms with Crippen molar-refractivity contribution >= 4 is 56.4 Å². The summed E-state index contributed by atoms with van der Waals surface area (Å²) in [5.41, 5.74) is 1.88. The van der Waals surface area contributed by atoms with Crippen molar-refractivity contribution in [3.8, 4) is 0 Å². The van der Waals surface area contributed by atoms with Gasteiger partial charge in [0.25, 0.3) is 0 Å². The molecule has 9 heteroatoms. The lowest BCUT2D eigenvalue weighted by molar-refractivity contribution is -0.118. The number of halogens is 1. The van der Waals surface area contributed by atoms with Crippen molar-refractivity contribution in [1.29, 1.82) is 0 Å². The number of aryl methyl sites for hydroxylation is 1. The van der Waals surface area contributed by atoms with Crippen molar-refractivity contribution in [2.75, 3.05) is 22.1 Å². The number of rotatable bonds is 5. The van der Waals surface area contributed by atoms with Gasteiger partial charge in [-0.3, -0.25) is 9.59 Å². The van der Waals surface area contributed by atoms with Crippen LogP contribution in [0.4, 0.5) is 11.4 Å². The summed E-state index contributed by atoms with van der Waals surface area (Å²) in [4.78, 5) is 25.2. The van der Waals surface area contributed by atoms with Gasteiger partial charge in [-0.05, 0) is 42.8 Å². The molecule has 0 radical (unpaired) electrons. The molecule has 154 valence electrons. The van der Waals surface area contributed by atoms with Crippen molar-refractivity contribution in [1.82, 2.24) is 0 Å². The number of sulfone groups is 1. The summed E-state index contributed by atoms with van der Waals surface area (Å²) in [6.45, 7) is 3.65. The van der Waals surface area contributed by atoms with Crippen LogP contribution >= 0.6 is 23.4 Å². The number of fused-ring (bicyclic) bond motifs is 1. The number of carbonyl (C=O) groups is 2. The highest BCUT2D eigenvalue weighted by atomic mass is 35.5. The molecule has 29 heavy (non-hydrogen) atoms. The van der Waals surface area contributed by atoms with Gasteiger partial charge in [0.2, 0.25) is 11.8 Å². The Morgan fingerprint density at radius 1 is 1.28 bits per heavy atom. The third-order valence-electron chi connectivity index (χ3n) is 4.58. The molecule has 2 amide bonds. The van der Waals surface area contributed by atoms with Crippen LogP contribution in [0.25, 0.3) is 0 Å². The zero-order chi connectivity index (χ0) is 21.2. The Kier molecular flexibility index (Phi) is 6.55. The predicted octanol–water partition coefficient (Wildman–Crippen LogP) is 4.13. The fourth-order valence-corrected chi connectivity index (χ4v) is 5.20. The molecule has 0 saturated carbocycles. The van der Waals surface area contributed by atoms with Gasteiger partial charge in [0.1, 0.15) is 0 Å². The van der Waals surface area contributed by atoms with E-state index in [1.165, 1.54) is 23.9 Å². The number of carbonyl (C=O) groups excluding carboxylic acids is 2. The number of thioether (sulfide) groups is 1. The summed E-state index contributed by atoms with van der Waals surface area (Å²) < 4.78 is 25.4. The quantitative estimate of drug-likeness (QED) is 0.711. The van der Waals surface area contributed by atoms with Crippen LogP contribution < -0.4 is 10.6 Å². The number of anilines is 2. The SMILES string of the molecule is Cc1ccc(Cl)cc1NC(=O)CCS(=O)(=O)c1ccc2c(c1)NC(=O)C(C)CS2. The largest absolute Gasteiger partial charge is 0.326 e. The minimum Gasteiger partial charge on any atom is -0.326 e. The average Bonchev–Trinajstić information content (AvgIpc) is 2.81. The minimum atomic E-state index is -3.69. The first-order chi connectivity index (χ1) is 13.7. The zero-order valence-corrected chi connectivity index (χ0v) is 18.4. The molecule has 1 heterocycles. The smallest absolute Gasteiger partial charge is 0.228 e. The molecule has 1 aliphatic rings. The van der Waals surface area contributed by atoms with E-state index in [9.17, 15) is 18.0 Å². The molecular weight excluding hydrogens is 432 g/mol. The minimum absolute atomic E-state index is 0.0819. The maximum atomic E-state index is 12.7. The summed E-state index contributed by atoms with van der Waals surface area (Å²) in [5, 5.41) is 5.96. The van der Waals surface area contributed by atoms with Crippen LogP contribution in [0, 0.1) is 12.8 Å². The van der Waals surface area contributed by atoms with Crippen LogP contribution in [0.1, 0.15) is 18.9 Å². The monoisotopic (exact) mass is 452 g/mol. The molecule has 0 fully saturated rings. The number of hydrogen-bond acceptors (Lipinski definition) is 5. The lowest BCUT2D eigenvalue weighted by Gasteiger charge is -2.11. The second-order valence-electron chi connectivity index (χ2n) is 6.94. The highest BCUT2D eigenvalue weighted by Crippen LogP contribution is 2.34. The van der Waals surface area contributed by atoms with E-state index in [1.54, 1.807) is 24.3 Å². The van der Waals surface area contributed by atoms with E-state index < -0.39 is 15.7 Å². The van der Waals surface area contributed by atoms with Gasteiger partial charge in [-0.1, -0.05) is 24.6 Å².